The molecule has 125 heavy (non-hydrogen) atoms. The first-order valence-electron chi connectivity index (χ1n) is 42.4. The number of aryl methyl sites for hydroxylation is 8. The maximum Gasteiger partial charge on any atom is 0.416 e. The van der Waals surface area contributed by atoms with Gasteiger partial charge in [0.05, 0.1) is 41.8 Å². The maximum atomic E-state index is 14.4. The summed E-state index contributed by atoms with van der Waals surface area (Å²) in [6.07, 6.45) is 11.0. The lowest BCUT2D eigenvalue weighted by atomic mass is 9.86. The first-order chi connectivity index (χ1) is 60.4. The number of ether oxygens (including phenoxy) is 6. The Morgan fingerprint density at radius 1 is 0.368 bits per heavy atom. The molecule has 0 fully saturated rings. The van der Waals surface area contributed by atoms with E-state index in [1.54, 1.807) is 36.4 Å². The van der Waals surface area contributed by atoms with Crippen molar-refractivity contribution in [3.8, 4) is 86.3 Å². The Morgan fingerprint density at radius 3 is 1.00 bits per heavy atom. The van der Waals surface area contributed by atoms with Crippen LogP contribution in [0.4, 0.5) is 13.2 Å². The average Bonchev–Trinajstić information content (AvgIpc) is 0.777. The lowest BCUT2D eigenvalue weighted by molar-refractivity contribution is -0.138. The molecular formula is C106H109Cl6F3N4O6. The van der Waals surface area contributed by atoms with Gasteiger partial charge in [-0.2, -0.15) is 18.4 Å². The SMILES string of the molecule is C#CCCCc1ccccc1-c1ccc(C(CN)Cc2ccc(OCCOc3c(Cl)cc(C)cc3Cl)cc2)c(C)c1.CCCCCc1ccccc1-c1ccc(C(CN)Cc2ccc(OCCOc3c(Cl)cc(C)cc3Cl)cc2)c(C(F)(F)F)c1.Cc1cc(Cl)c(OCCOc2ccc(CC(CN)c3ccc(-c4ccccc4CCC#N)cc3C)cc2)c(Cl)c1. The normalized spacial score (nSPS) is 11.8. The van der Waals surface area contributed by atoms with Crippen LogP contribution >= 0.6 is 69.6 Å². The molecule has 3 atom stereocenters. The number of nitrogens with zero attached hydrogens (tertiary/aromatic N) is 1. The summed E-state index contributed by atoms with van der Waals surface area (Å²) < 4.78 is 77.9. The van der Waals surface area contributed by atoms with E-state index >= 15 is 0 Å². The maximum absolute atomic E-state index is 14.4. The van der Waals surface area contributed by atoms with Crippen molar-refractivity contribution >= 4 is 69.6 Å². The van der Waals surface area contributed by atoms with Crippen LogP contribution in [0.3, 0.4) is 0 Å². The van der Waals surface area contributed by atoms with Gasteiger partial charge < -0.3 is 45.6 Å². The number of hydrogen-bond acceptors (Lipinski definition) is 10. The quantitative estimate of drug-likeness (QED) is 0.0250. The van der Waals surface area contributed by atoms with Crippen molar-refractivity contribution in [3.63, 3.8) is 0 Å². The Balaban J connectivity index is 0.000000196. The van der Waals surface area contributed by atoms with Crippen LogP contribution in [-0.4, -0.2) is 59.3 Å². The highest BCUT2D eigenvalue weighted by Gasteiger charge is 2.36. The van der Waals surface area contributed by atoms with E-state index in [-0.39, 0.29) is 37.2 Å². The van der Waals surface area contributed by atoms with Gasteiger partial charge >= 0.3 is 6.18 Å². The minimum Gasteiger partial charge on any atom is -0.490 e. The van der Waals surface area contributed by atoms with Gasteiger partial charge in [-0.25, -0.2) is 0 Å². The second kappa shape index (κ2) is 49.1. The second-order valence-electron chi connectivity index (χ2n) is 31.2. The Hall–Kier alpha value is -10.1. The average molecular weight is 1800 g/mol. The summed E-state index contributed by atoms with van der Waals surface area (Å²) in [7, 11) is 0. The smallest absolute Gasteiger partial charge is 0.416 e. The molecule has 0 aliphatic carbocycles. The Kier molecular flexibility index (Phi) is 38.2. The molecule has 0 radical (unpaired) electrons. The van der Waals surface area contributed by atoms with Gasteiger partial charge in [-0.05, 0) is 296 Å². The first kappa shape index (κ1) is 97.1. The van der Waals surface area contributed by atoms with Gasteiger partial charge in [0.1, 0.15) is 56.9 Å². The summed E-state index contributed by atoms with van der Waals surface area (Å²) >= 11 is 37.4. The zero-order valence-electron chi connectivity index (χ0n) is 71.7. The van der Waals surface area contributed by atoms with Crippen LogP contribution in [0, 0.1) is 58.3 Å². The highest BCUT2D eigenvalue weighted by atomic mass is 35.5. The Labute approximate surface area is 766 Å². The fourth-order valence-corrected chi connectivity index (χ4v) is 17.6. The summed E-state index contributed by atoms with van der Waals surface area (Å²) in [6.45, 7) is 15.3. The molecule has 0 heterocycles. The van der Waals surface area contributed by atoms with Crippen LogP contribution in [0.2, 0.25) is 30.1 Å². The molecule has 19 heteroatoms. The lowest BCUT2D eigenvalue weighted by Crippen LogP contribution is -2.20. The number of benzene rings is 12. The summed E-state index contributed by atoms with van der Waals surface area (Å²) in [4.78, 5) is 0. The molecule has 0 aliphatic heterocycles. The predicted octanol–water partition coefficient (Wildman–Crippen LogP) is 27.9. The first-order valence-corrected chi connectivity index (χ1v) is 44.6. The van der Waals surface area contributed by atoms with Crippen molar-refractivity contribution in [2.24, 2.45) is 17.2 Å². The Bertz CT molecular complexity index is 5510. The van der Waals surface area contributed by atoms with Crippen molar-refractivity contribution in [1.82, 2.24) is 0 Å². The summed E-state index contributed by atoms with van der Waals surface area (Å²) in [6, 6.07) is 79.3. The largest absolute Gasteiger partial charge is 0.490 e. The van der Waals surface area contributed by atoms with Crippen molar-refractivity contribution in [3.05, 3.63) is 350 Å². The van der Waals surface area contributed by atoms with E-state index in [1.807, 2.05) is 118 Å². The van der Waals surface area contributed by atoms with E-state index in [4.69, 9.17) is 127 Å². The number of terminal acetylenes is 1. The topological polar surface area (TPSA) is 157 Å². The predicted molar refractivity (Wildman–Crippen MR) is 511 cm³/mol. The van der Waals surface area contributed by atoms with Crippen LogP contribution in [0.25, 0.3) is 33.4 Å². The number of halogens is 9. The molecule has 12 rings (SSSR count). The fourth-order valence-electron chi connectivity index (χ4n) is 15.5. The fraction of sp³-hybridized carbons (Fsp3) is 0.292. The van der Waals surface area contributed by atoms with Gasteiger partial charge in [0, 0.05) is 30.6 Å². The number of hydrogen-bond donors (Lipinski definition) is 3. The van der Waals surface area contributed by atoms with E-state index in [0.717, 1.165) is 109 Å². The molecule has 12 aromatic rings. The number of unbranched alkanes of at least 4 members (excludes halogenated alkanes) is 3. The van der Waals surface area contributed by atoms with E-state index < -0.39 is 17.7 Å². The van der Waals surface area contributed by atoms with Crippen molar-refractivity contribution < 1.29 is 41.6 Å². The molecule has 0 saturated heterocycles. The molecule has 0 spiro atoms. The summed E-state index contributed by atoms with van der Waals surface area (Å²) in [5.74, 6) is 6.20. The van der Waals surface area contributed by atoms with Gasteiger partial charge in [0.25, 0.3) is 0 Å². The van der Waals surface area contributed by atoms with Crippen LogP contribution in [0.15, 0.2) is 237 Å². The van der Waals surface area contributed by atoms with Crippen LogP contribution < -0.4 is 45.6 Å². The van der Waals surface area contributed by atoms with E-state index in [2.05, 4.69) is 130 Å². The highest BCUT2D eigenvalue weighted by Crippen LogP contribution is 2.43. The molecule has 0 bridgehead atoms. The standard InChI is InChI=1S/C36H38Cl2F3NO2.C36H37Cl2NO2.C34H34Cl2N2O2/c1-3-4-5-8-26-9-6-7-10-30(26)27-13-16-31(32(22-27)36(39,40)41)28(23-42)21-25-11-14-29(15-12-25)43-17-18-44-35-33(37)19-24(2)20-34(35)38;1-4-5-6-9-28-10-7-8-11-33(28)29-14-17-32(26(3)22-29)30(24-39)23-27-12-15-31(16-13-27)40-18-19-41-36-34(37)20-25(2)21-35(36)38;1-23-18-32(35)34(33(36)19-23)40-17-16-39-29-12-9-25(10-13-29)21-28(22-38)30-14-11-27(20-24(30)2)31-8-4-3-6-26(31)7-5-15-37/h6-7,9-16,19-20,22,28H,3-5,8,17-18,21,23,42H2,1-2H3;1,7-8,10-17,20-22,30H,5-6,9,18-19,23-24,39H2,2-3H3;3-4,6,8-14,18-20,28H,5,7,16-17,21-22,38H2,1-2H3. The van der Waals surface area contributed by atoms with Gasteiger partial charge in [0.15, 0.2) is 17.2 Å². The number of alkyl halides is 3. The third-order valence-corrected chi connectivity index (χ3v) is 23.5. The second-order valence-corrected chi connectivity index (χ2v) is 33.6. The molecule has 0 aromatic heterocycles. The summed E-state index contributed by atoms with van der Waals surface area (Å²) in [5.41, 5.74) is 39.2. The molecule has 10 nitrogen and oxygen atoms in total. The molecule has 3 unspecified atom stereocenters. The van der Waals surface area contributed by atoms with Crippen molar-refractivity contribution in [2.75, 3.05) is 59.3 Å². The van der Waals surface area contributed by atoms with Gasteiger partial charge in [-0.3, -0.25) is 0 Å². The van der Waals surface area contributed by atoms with Gasteiger partial charge in [-0.15, -0.1) is 12.3 Å². The zero-order chi connectivity index (χ0) is 89.4. The van der Waals surface area contributed by atoms with E-state index in [1.165, 1.54) is 72.8 Å². The van der Waals surface area contributed by atoms with Gasteiger partial charge in [0.2, 0.25) is 0 Å². The lowest BCUT2D eigenvalue weighted by Gasteiger charge is -2.22. The van der Waals surface area contributed by atoms with Crippen LogP contribution in [0.1, 0.15) is 147 Å². The monoisotopic (exact) mass is 1800 g/mol. The number of nitriles is 1. The minimum atomic E-state index is -4.51. The third kappa shape index (κ3) is 28.7. The third-order valence-electron chi connectivity index (χ3n) is 21.8. The van der Waals surface area contributed by atoms with E-state index in [0.29, 0.717) is 111 Å². The summed E-state index contributed by atoms with van der Waals surface area (Å²) in [5, 5.41) is 11.9. The molecular weight excluding hydrogens is 1690 g/mol. The molecule has 0 amide bonds. The van der Waals surface area contributed by atoms with Gasteiger partial charge in [-0.1, -0.05) is 247 Å². The molecule has 0 saturated carbocycles. The highest BCUT2D eigenvalue weighted by molar-refractivity contribution is 6.38. The van der Waals surface area contributed by atoms with Crippen molar-refractivity contribution in [1.29, 1.82) is 5.26 Å². The molecule has 0 aliphatic rings. The van der Waals surface area contributed by atoms with Crippen molar-refractivity contribution in [2.45, 2.75) is 143 Å². The Morgan fingerprint density at radius 2 is 0.680 bits per heavy atom. The zero-order valence-corrected chi connectivity index (χ0v) is 76.2. The number of nitrogens with two attached hydrogens (primary N) is 3. The van der Waals surface area contributed by atoms with E-state index in [9.17, 15) is 13.2 Å². The molecule has 652 valence electrons. The minimum absolute atomic E-state index is 0.0791. The van der Waals surface area contributed by atoms with Crippen LogP contribution in [-0.2, 0) is 44.7 Å². The molecule has 6 N–H and O–H groups in total. The van der Waals surface area contributed by atoms with Crippen LogP contribution in [0.5, 0.6) is 34.5 Å². The molecule has 12 aromatic carbocycles. The number of rotatable bonds is 39.